The summed E-state index contributed by atoms with van der Waals surface area (Å²) in [6.45, 7) is 0. The molecule has 106 valence electrons. The fourth-order valence-corrected chi connectivity index (χ4v) is 3.20. The predicted molar refractivity (Wildman–Crippen MR) is 73.8 cm³/mol. The van der Waals surface area contributed by atoms with E-state index in [-0.39, 0.29) is 5.91 Å². The van der Waals surface area contributed by atoms with Crippen LogP contribution < -0.4 is 0 Å². The number of amides is 1. The lowest BCUT2D eigenvalue weighted by atomic mass is 9.94. The molecule has 0 N–H and O–H groups in total. The van der Waals surface area contributed by atoms with E-state index in [9.17, 15) is 4.79 Å². The van der Waals surface area contributed by atoms with Crippen molar-refractivity contribution < 1.29 is 4.79 Å². The van der Waals surface area contributed by atoms with Crippen molar-refractivity contribution in [3.63, 3.8) is 0 Å². The topological polar surface area (TPSA) is 63.9 Å². The Balaban J connectivity index is 1.73. The second-order valence-corrected chi connectivity index (χ2v) is 6.04. The van der Waals surface area contributed by atoms with Crippen molar-refractivity contribution in [2.45, 2.75) is 49.7 Å². The van der Waals surface area contributed by atoms with Crippen LogP contribution in [0.15, 0.2) is 5.16 Å². The molecule has 19 heavy (non-hydrogen) atoms. The van der Waals surface area contributed by atoms with Gasteiger partial charge in [0.2, 0.25) is 11.1 Å². The Morgan fingerprint density at radius 1 is 1.42 bits per heavy atom. The van der Waals surface area contributed by atoms with Gasteiger partial charge in [0.25, 0.3) is 0 Å². The number of nitrogens with zero attached hydrogens (tertiary/aromatic N) is 5. The fraction of sp³-hybridized carbons (Fsp3) is 0.833. The Morgan fingerprint density at radius 3 is 2.79 bits per heavy atom. The zero-order chi connectivity index (χ0) is 13.7. The van der Waals surface area contributed by atoms with E-state index >= 15 is 0 Å². The van der Waals surface area contributed by atoms with E-state index in [0.717, 1.165) is 23.8 Å². The third-order valence-corrected chi connectivity index (χ3v) is 4.66. The summed E-state index contributed by atoms with van der Waals surface area (Å²) < 4.78 is 1.62. The fourth-order valence-electron chi connectivity index (χ4n) is 2.42. The van der Waals surface area contributed by atoms with Crippen LogP contribution in [0.1, 0.15) is 38.5 Å². The molecule has 1 aliphatic rings. The molecule has 6 nitrogen and oxygen atoms in total. The second-order valence-electron chi connectivity index (χ2n) is 4.98. The smallest absolute Gasteiger partial charge is 0.223 e. The lowest BCUT2D eigenvalue weighted by Gasteiger charge is -2.31. The molecule has 1 aromatic heterocycles. The van der Waals surface area contributed by atoms with E-state index < -0.39 is 0 Å². The van der Waals surface area contributed by atoms with Gasteiger partial charge in [-0.05, 0) is 23.3 Å². The van der Waals surface area contributed by atoms with Crippen LogP contribution in [-0.4, -0.2) is 49.9 Å². The number of hydrogen-bond donors (Lipinski definition) is 0. The molecule has 0 radical (unpaired) electrons. The lowest BCUT2D eigenvalue weighted by molar-refractivity contribution is -0.132. The van der Waals surface area contributed by atoms with Crippen LogP contribution in [0.3, 0.4) is 0 Å². The first-order valence-corrected chi connectivity index (χ1v) is 7.78. The number of thioether (sulfide) groups is 1. The van der Waals surface area contributed by atoms with Gasteiger partial charge in [-0.3, -0.25) is 4.79 Å². The molecule has 1 heterocycles. The van der Waals surface area contributed by atoms with Crippen LogP contribution in [0.25, 0.3) is 0 Å². The molecule has 1 aliphatic carbocycles. The molecule has 0 aliphatic heterocycles. The molecule has 1 fully saturated rings. The molecule has 1 aromatic rings. The molecule has 0 saturated heterocycles. The predicted octanol–water partition coefficient (Wildman–Crippen LogP) is 1.48. The SMILES string of the molecule is CN(C(=O)CCSc1nnnn1C)C1CCCCC1. The van der Waals surface area contributed by atoms with E-state index in [1.807, 2.05) is 11.9 Å². The van der Waals surface area contributed by atoms with Crippen LogP contribution in [0.4, 0.5) is 0 Å². The molecular formula is C12H21N5OS. The summed E-state index contributed by atoms with van der Waals surface area (Å²) in [5.74, 6) is 0.957. The van der Waals surface area contributed by atoms with Gasteiger partial charge < -0.3 is 4.90 Å². The maximum Gasteiger partial charge on any atom is 0.223 e. The highest BCUT2D eigenvalue weighted by atomic mass is 32.2. The van der Waals surface area contributed by atoms with Crippen molar-refractivity contribution in [3.05, 3.63) is 0 Å². The summed E-state index contributed by atoms with van der Waals surface area (Å²) in [4.78, 5) is 14.0. The van der Waals surface area contributed by atoms with Gasteiger partial charge in [0.15, 0.2) is 0 Å². The van der Waals surface area contributed by atoms with Crippen molar-refractivity contribution >= 4 is 17.7 Å². The Bertz CT molecular complexity index is 416. The first-order valence-electron chi connectivity index (χ1n) is 6.79. The van der Waals surface area contributed by atoms with Crippen LogP contribution in [0.5, 0.6) is 0 Å². The Kier molecular flexibility index (Phi) is 5.18. The van der Waals surface area contributed by atoms with Crippen molar-refractivity contribution in [2.75, 3.05) is 12.8 Å². The van der Waals surface area contributed by atoms with Gasteiger partial charge in [-0.25, -0.2) is 4.68 Å². The average Bonchev–Trinajstić information content (AvgIpc) is 2.84. The summed E-state index contributed by atoms with van der Waals surface area (Å²) >= 11 is 1.53. The van der Waals surface area contributed by atoms with Crippen LogP contribution in [-0.2, 0) is 11.8 Å². The first-order chi connectivity index (χ1) is 9.18. The van der Waals surface area contributed by atoms with E-state index in [4.69, 9.17) is 0 Å². The molecule has 0 atom stereocenters. The van der Waals surface area contributed by atoms with E-state index in [0.29, 0.717) is 12.5 Å². The highest BCUT2D eigenvalue weighted by molar-refractivity contribution is 7.99. The maximum absolute atomic E-state index is 12.1. The van der Waals surface area contributed by atoms with Crippen molar-refractivity contribution in [2.24, 2.45) is 7.05 Å². The van der Waals surface area contributed by atoms with E-state index in [1.54, 1.807) is 11.7 Å². The molecule has 0 unspecified atom stereocenters. The maximum atomic E-state index is 12.1. The van der Waals surface area contributed by atoms with E-state index in [1.165, 1.54) is 31.0 Å². The monoisotopic (exact) mass is 283 g/mol. The summed E-state index contributed by atoms with van der Waals surface area (Å²) in [7, 11) is 3.74. The van der Waals surface area contributed by atoms with Gasteiger partial charge >= 0.3 is 0 Å². The number of aromatic nitrogens is 4. The van der Waals surface area contributed by atoms with Gasteiger partial charge in [0.05, 0.1) is 0 Å². The minimum atomic E-state index is 0.231. The third kappa shape index (κ3) is 3.92. The number of carbonyl (C=O) groups excluding carboxylic acids is 1. The average molecular weight is 283 g/mol. The number of hydrogen-bond acceptors (Lipinski definition) is 5. The summed E-state index contributed by atoms with van der Waals surface area (Å²) in [6, 6.07) is 0.447. The van der Waals surface area contributed by atoms with E-state index in [2.05, 4.69) is 15.5 Å². The minimum Gasteiger partial charge on any atom is -0.343 e. The molecular weight excluding hydrogens is 262 g/mol. The molecule has 0 aromatic carbocycles. The van der Waals surface area contributed by atoms with Gasteiger partial charge in [-0.15, -0.1) is 5.10 Å². The Labute approximate surface area is 117 Å². The molecule has 0 bridgehead atoms. The van der Waals surface area contributed by atoms with Crippen LogP contribution in [0.2, 0.25) is 0 Å². The van der Waals surface area contributed by atoms with Crippen LogP contribution in [0, 0.1) is 0 Å². The minimum absolute atomic E-state index is 0.231. The van der Waals surface area contributed by atoms with Gasteiger partial charge in [0.1, 0.15) is 0 Å². The third-order valence-electron chi connectivity index (χ3n) is 3.64. The number of tetrazole rings is 1. The Hall–Kier alpha value is -1.11. The Morgan fingerprint density at radius 2 is 2.16 bits per heavy atom. The van der Waals surface area contributed by atoms with Gasteiger partial charge in [0, 0.05) is 32.3 Å². The quantitative estimate of drug-likeness (QED) is 0.766. The number of aryl methyl sites for hydroxylation is 1. The largest absolute Gasteiger partial charge is 0.343 e. The van der Waals surface area contributed by atoms with Crippen LogP contribution >= 0.6 is 11.8 Å². The normalized spacial score (nSPS) is 16.5. The summed E-state index contributed by atoms with van der Waals surface area (Å²) in [6.07, 6.45) is 6.67. The summed E-state index contributed by atoms with van der Waals surface area (Å²) in [5.41, 5.74) is 0. The van der Waals surface area contributed by atoms with Gasteiger partial charge in [-0.2, -0.15) is 0 Å². The van der Waals surface area contributed by atoms with Crippen molar-refractivity contribution in [3.8, 4) is 0 Å². The zero-order valence-electron chi connectivity index (χ0n) is 11.6. The van der Waals surface area contributed by atoms with Crippen molar-refractivity contribution in [1.29, 1.82) is 0 Å². The number of carbonyl (C=O) groups is 1. The van der Waals surface area contributed by atoms with Gasteiger partial charge in [-0.1, -0.05) is 31.0 Å². The number of rotatable bonds is 5. The molecule has 7 heteroatoms. The second kappa shape index (κ2) is 6.88. The highest BCUT2D eigenvalue weighted by Crippen LogP contribution is 2.22. The summed E-state index contributed by atoms with van der Waals surface area (Å²) in [5, 5.41) is 12.0. The highest BCUT2D eigenvalue weighted by Gasteiger charge is 2.21. The zero-order valence-corrected chi connectivity index (χ0v) is 12.4. The lowest BCUT2D eigenvalue weighted by Crippen LogP contribution is -2.38. The molecule has 1 amide bonds. The molecule has 1 saturated carbocycles. The molecule has 0 spiro atoms. The first kappa shape index (κ1) is 14.3. The van der Waals surface area contributed by atoms with Crippen molar-refractivity contribution in [1.82, 2.24) is 25.1 Å². The molecule has 2 rings (SSSR count). The standard InChI is InChI=1S/C12H21N5OS/c1-16(10-6-4-3-5-7-10)11(18)8-9-19-12-13-14-15-17(12)2/h10H,3-9H2,1-2H3.